The van der Waals surface area contributed by atoms with Gasteiger partial charge in [-0.2, -0.15) is 0 Å². The van der Waals surface area contributed by atoms with Gasteiger partial charge in [0, 0.05) is 32.9 Å². The number of fused-ring (bicyclic) bond motifs is 6. The normalized spacial score (nSPS) is 11.5. The highest BCUT2D eigenvalue weighted by Gasteiger charge is 2.24. The van der Waals surface area contributed by atoms with Crippen molar-refractivity contribution in [2.24, 2.45) is 0 Å². The summed E-state index contributed by atoms with van der Waals surface area (Å²) < 4.78 is 9.10. The third-order valence-corrected chi connectivity index (χ3v) is 9.98. The van der Waals surface area contributed by atoms with E-state index in [2.05, 4.69) is 198 Å². The molecule has 0 N–H and O–H groups in total. The molecule has 0 bridgehead atoms. The molecular weight excluding hydrogens is 621 g/mol. The van der Waals surface area contributed by atoms with Crippen LogP contribution in [0.25, 0.3) is 71.7 Å². The van der Waals surface area contributed by atoms with E-state index in [1.54, 1.807) is 0 Å². The lowest BCUT2D eigenvalue weighted by atomic mass is 9.94. The summed E-state index contributed by atoms with van der Waals surface area (Å²) in [6.45, 7) is 0. The Morgan fingerprint density at radius 3 is 1.84 bits per heavy atom. The van der Waals surface area contributed by atoms with Gasteiger partial charge in [0.25, 0.3) is 0 Å². The molecule has 0 aliphatic carbocycles. The highest BCUT2D eigenvalue weighted by atomic mass is 16.3. The fourth-order valence-electron chi connectivity index (χ4n) is 7.78. The van der Waals surface area contributed by atoms with Crippen LogP contribution >= 0.6 is 0 Å². The van der Waals surface area contributed by atoms with Crippen LogP contribution in [0.4, 0.5) is 17.1 Å². The minimum absolute atomic E-state index is 0.859. The zero-order valence-electron chi connectivity index (χ0n) is 27.8. The summed E-state index contributed by atoms with van der Waals surface area (Å²) in [6.07, 6.45) is 0. The van der Waals surface area contributed by atoms with Gasteiger partial charge in [0.05, 0.1) is 22.4 Å². The third-order valence-electron chi connectivity index (χ3n) is 9.98. The molecule has 3 heteroatoms. The third kappa shape index (κ3) is 4.74. The maximum atomic E-state index is 6.73. The number of benzene rings is 8. The summed E-state index contributed by atoms with van der Waals surface area (Å²) >= 11 is 0. The van der Waals surface area contributed by atoms with Crippen LogP contribution < -0.4 is 4.90 Å². The number of hydrogen-bond acceptors (Lipinski definition) is 2. The molecule has 0 spiro atoms. The maximum absolute atomic E-state index is 6.73. The molecule has 0 saturated heterocycles. The first-order valence-corrected chi connectivity index (χ1v) is 17.4. The summed E-state index contributed by atoms with van der Waals surface area (Å²) in [4.78, 5) is 2.39. The van der Waals surface area contributed by atoms with Crippen molar-refractivity contribution in [1.82, 2.24) is 4.57 Å². The Morgan fingerprint density at radius 1 is 0.412 bits per heavy atom. The van der Waals surface area contributed by atoms with Crippen LogP contribution in [-0.2, 0) is 0 Å². The number of nitrogens with zero attached hydrogens (tertiary/aromatic N) is 2. The molecule has 0 aliphatic rings. The number of anilines is 3. The fourth-order valence-corrected chi connectivity index (χ4v) is 7.78. The lowest BCUT2D eigenvalue weighted by Crippen LogP contribution is -2.11. The van der Waals surface area contributed by atoms with Gasteiger partial charge in [0.15, 0.2) is 5.58 Å². The molecule has 0 radical (unpaired) electrons. The molecule has 0 amide bonds. The lowest BCUT2D eigenvalue weighted by molar-refractivity contribution is 0.669. The Bertz CT molecular complexity index is 2860. The fraction of sp³-hybridized carbons (Fsp3) is 0. The van der Waals surface area contributed by atoms with E-state index in [0.29, 0.717) is 0 Å². The van der Waals surface area contributed by atoms with Gasteiger partial charge in [0.1, 0.15) is 5.58 Å². The van der Waals surface area contributed by atoms with E-state index in [-0.39, 0.29) is 0 Å². The molecule has 51 heavy (non-hydrogen) atoms. The molecule has 2 heterocycles. The van der Waals surface area contributed by atoms with E-state index in [1.807, 2.05) is 6.07 Å². The number of aromatic nitrogens is 1. The van der Waals surface area contributed by atoms with E-state index in [1.165, 1.54) is 33.0 Å². The predicted molar refractivity (Wildman–Crippen MR) is 214 cm³/mol. The summed E-state index contributed by atoms with van der Waals surface area (Å²) in [5.74, 6) is 0. The Balaban J connectivity index is 1.28. The molecular formula is C48H32N2O. The van der Waals surface area contributed by atoms with Gasteiger partial charge in [0.2, 0.25) is 0 Å². The average molecular weight is 653 g/mol. The van der Waals surface area contributed by atoms with Crippen molar-refractivity contribution in [3.63, 3.8) is 0 Å². The van der Waals surface area contributed by atoms with E-state index in [0.717, 1.165) is 55.8 Å². The molecule has 0 aliphatic heterocycles. The van der Waals surface area contributed by atoms with Crippen molar-refractivity contribution in [1.29, 1.82) is 0 Å². The monoisotopic (exact) mass is 652 g/mol. The van der Waals surface area contributed by atoms with Crippen LogP contribution in [0.2, 0.25) is 0 Å². The lowest BCUT2D eigenvalue weighted by Gasteiger charge is -2.27. The van der Waals surface area contributed by atoms with Crippen LogP contribution in [0.1, 0.15) is 0 Å². The molecule has 240 valence electrons. The Morgan fingerprint density at radius 2 is 1.00 bits per heavy atom. The second-order valence-electron chi connectivity index (χ2n) is 12.9. The van der Waals surface area contributed by atoms with Crippen molar-refractivity contribution in [3.8, 4) is 27.9 Å². The molecule has 0 saturated carbocycles. The van der Waals surface area contributed by atoms with Gasteiger partial charge in [-0.1, -0.05) is 140 Å². The van der Waals surface area contributed by atoms with Crippen molar-refractivity contribution in [3.05, 3.63) is 194 Å². The van der Waals surface area contributed by atoms with E-state index in [9.17, 15) is 0 Å². The highest BCUT2D eigenvalue weighted by molar-refractivity contribution is 6.18. The zero-order valence-corrected chi connectivity index (χ0v) is 27.8. The average Bonchev–Trinajstić information content (AvgIpc) is 3.76. The Kier molecular flexibility index (Phi) is 6.81. The summed E-state index contributed by atoms with van der Waals surface area (Å²) in [5.41, 5.74) is 13.0. The maximum Gasteiger partial charge on any atom is 0.159 e. The van der Waals surface area contributed by atoms with Crippen LogP contribution in [0.15, 0.2) is 199 Å². The molecule has 3 nitrogen and oxygen atoms in total. The van der Waals surface area contributed by atoms with Crippen LogP contribution in [0.5, 0.6) is 0 Å². The van der Waals surface area contributed by atoms with Crippen molar-refractivity contribution < 1.29 is 4.42 Å². The topological polar surface area (TPSA) is 21.3 Å². The minimum Gasteiger partial charge on any atom is -0.454 e. The van der Waals surface area contributed by atoms with E-state index < -0.39 is 0 Å². The standard InChI is InChI=1S/C48H32N2O/c1-3-16-33(17-4-1)37-22-7-8-23-38(37)34-18-13-21-36(32-34)50(45-30-14-26-40-39-24-10-12-31-46(39)51-48(40)45)44-29-15-28-43-47(44)41-25-9-11-27-42(41)49(43)35-19-5-2-6-20-35/h1-32H. The van der Waals surface area contributed by atoms with Crippen LogP contribution in [0.3, 0.4) is 0 Å². The molecule has 0 unspecified atom stereocenters. The largest absolute Gasteiger partial charge is 0.454 e. The van der Waals surface area contributed by atoms with Crippen molar-refractivity contribution in [2.75, 3.05) is 4.90 Å². The quantitative estimate of drug-likeness (QED) is 0.178. The summed E-state index contributed by atoms with van der Waals surface area (Å²) in [5, 5.41) is 4.58. The molecule has 10 aromatic rings. The van der Waals surface area contributed by atoms with E-state index in [4.69, 9.17) is 4.42 Å². The molecule has 0 fully saturated rings. The van der Waals surface area contributed by atoms with Gasteiger partial charge >= 0.3 is 0 Å². The second-order valence-corrected chi connectivity index (χ2v) is 12.9. The summed E-state index contributed by atoms with van der Waals surface area (Å²) in [7, 11) is 0. The first-order valence-electron chi connectivity index (χ1n) is 17.4. The van der Waals surface area contributed by atoms with Gasteiger partial charge in [-0.3, -0.25) is 0 Å². The Labute approximate surface area is 295 Å². The second kappa shape index (κ2) is 11.9. The first kappa shape index (κ1) is 29.1. The number of hydrogen-bond donors (Lipinski definition) is 0. The highest BCUT2D eigenvalue weighted by Crippen LogP contribution is 2.47. The Hall–Kier alpha value is -6.84. The van der Waals surface area contributed by atoms with Gasteiger partial charge < -0.3 is 13.9 Å². The van der Waals surface area contributed by atoms with E-state index >= 15 is 0 Å². The SMILES string of the molecule is c1ccc(-c2ccccc2-c2cccc(N(c3cccc4c3oc3ccccc34)c3cccc4c3c3ccccc3n4-c3ccccc3)c2)cc1. The minimum atomic E-state index is 0.859. The molecule has 10 rings (SSSR count). The van der Waals surface area contributed by atoms with Crippen LogP contribution in [-0.4, -0.2) is 4.57 Å². The summed E-state index contributed by atoms with van der Waals surface area (Å²) in [6, 6.07) is 69.1. The number of rotatable bonds is 6. The number of furan rings is 1. The van der Waals surface area contributed by atoms with Crippen LogP contribution in [0, 0.1) is 0 Å². The van der Waals surface area contributed by atoms with Gasteiger partial charge in [-0.25, -0.2) is 0 Å². The van der Waals surface area contributed by atoms with Crippen molar-refractivity contribution >= 4 is 60.8 Å². The van der Waals surface area contributed by atoms with Crippen molar-refractivity contribution in [2.45, 2.75) is 0 Å². The smallest absolute Gasteiger partial charge is 0.159 e. The predicted octanol–water partition coefficient (Wildman–Crippen LogP) is 13.5. The molecule has 0 atom stereocenters. The number of para-hydroxylation sites is 4. The molecule has 8 aromatic carbocycles. The molecule has 2 aromatic heterocycles. The van der Waals surface area contributed by atoms with Gasteiger partial charge in [-0.15, -0.1) is 0 Å². The first-order chi connectivity index (χ1) is 25.3. The van der Waals surface area contributed by atoms with Gasteiger partial charge in [-0.05, 0) is 76.9 Å². The zero-order chi connectivity index (χ0) is 33.7.